The van der Waals surface area contributed by atoms with Gasteiger partial charge in [0.25, 0.3) is 0 Å². The number of Topliss-reactive ketones (excluding diaryl/α,β-unsaturated/α-hetero) is 1. The highest BCUT2D eigenvalue weighted by atomic mass is 16.5. The molecule has 0 atom stereocenters. The summed E-state index contributed by atoms with van der Waals surface area (Å²) in [7, 11) is 0. The molecule has 29 heavy (non-hydrogen) atoms. The lowest BCUT2D eigenvalue weighted by molar-refractivity contribution is -0.116. The van der Waals surface area contributed by atoms with Crippen LogP contribution in [0, 0.1) is 5.92 Å². The molecule has 1 heterocycles. The van der Waals surface area contributed by atoms with Gasteiger partial charge in [0, 0.05) is 42.9 Å². The molecule has 1 saturated heterocycles. The van der Waals surface area contributed by atoms with Crippen molar-refractivity contribution < 1.29 is 14.3 Å². The number of hydrogen-bond acceptors (Lipinski definition) is 4. The van der Waals surface area contributed by atoms with Gasteiger partial charge in [0.1, 0.15) is 5.75 Å². The first-order chi connectivity index (χ1) is 14.0. The summed E-state index contributed by atoms with van der Waals surface area (Å²) < 4.78 is 5.38. The molecule has 0 aromatic heterocycles. The first kappa shape index (κ1) is 20.9. The third-order valence-corrected chi connectivity index (χ3v) is 5.37. The lowest BCUT2D eigenvalue weighted by Gasteiger charge is -2.32. The summed E-state index contributed by atoms with van der Waals surface area (Å²) in [6.07, 6.45) is 2.80. The Morgan fingerprint density at radius 1 is 1.00 bits per heavy atom. The van der Waals surface area contributed by atoms with E-state index in [1.165, 1.54) is 18.5 Å². The average molecular weight is 395 g/mol. The van der Waals surface area contributed by atoms with Crippen LogP contribution in [0.3, 0.4) is 0 Å². The zero-order chi connectivity index (χ0) is 20.6. The van der Waals surface area contributed by atoms with E-state index in [4.69, 9.17) is 4.74 Å². The Kier molecular flexibility index (Phi) is 7.28. The molecular weight excluding hydrogens is 364 g/mol. The number of rotatable bonds is 8. The minimum atomic E-state index is -0.149. The van der Waals surface area contributed by atoms with E-state index in [2.05, 4.69) is 29.3 Å². The van der Waals surface area contributed by atoms with Gasteiger partial charge < -0.3 is 15.0 Å². The van der Waals surface area contributed by atoms with Crippen LogP contribution in [0.15, 0.2) is 48.5 Å². The molecule has 5 nitrogen and oxygen atoms in total. The number of carbonyl (C=O) groups excluding carboxylic acids is 2. The van der Waals surface area contributed by atoms with E-state index in [0.29, 0.717) is 12.2 Å². The van der Waals surface area contributed by atoms with Crippen molar-refractivity contribution in [3.05, 3.63) is 54.1 Å². The Morgan fingerprint density at radius 3 is 2.28 bits per heavy atom. The van der Waals surface area contributed by atoms with Gasteiger partial charge in [-0.25, -0.2) is 0 Å². The molecule has 1 aliphatic rings. The van der Waals surface area contributed by atoms with E-state index in [0.717, 1.165) is 30.4 Å². The highest BCUT2D eigenvalue weighted by Crippen LogP contribution is 2.24. The van der Waals surface area contributed by atoms with Crippen molar-refractivity contribution in [2.75, 3.05) is 29.9 Å². The number of carbonyl (C=O) groups is 2. The fraction of sp³-hybridized carbons (Fsp3) is 0.417. The molecule has 1 fully saturated rings. The van der Waals surface area contributed by atoms with Crippen LogP contribution in [0.1, 0.15) is 49.9 Å². The fourth-order valence-electron chi connectivity index (χ4n) is 3.52. The van der Waals surface area contributed by atoms with Crippen molar-refractivity contribution in [2.45, 2.75) is 39.5 Å². The number of ketones is 1. The maximum atomic E-state index is 12.3. The molecule has 0 bridgehead atoms. The predicted molar refractivity (Wildman–Crippen MR) is 117 cm³/mol. The van der Waals surface area contributed by atoms with Gasteiger partial charge in [0.15, 0.2) is 5.78 Å². The summed E-state index contributed by atoms with van der Waals surface area (Å²) in [5, 5.41) is 2.88. The lowest BCUT2D eigenvalue weighted by atomic mass is 9.99. The molecular formula is C24H30N2O3. The highest BCUT2D eigenvalue weighted by molar-refractivity contribution is 6.00. The molecule has 2 aromatic rings. The summed E-state index contributed by atoms with van der Waals surface area (Å²) in [5.41, 5.74) is 2.56. The quantitative estimate of drug-likeness (QED) is 0.646. The number of nitrogens with zero attached hydrogens (tertiary/aromatic N) is 1. The normalized spacial score (nSPS) is 14.5. The predicted octanol–water partition coefficient (Wildman–Crippen LogP) is 4.92. The van der Waals surface area contributed by atoms with Crippen LogP contribution >= 0.6 is 0 Å². The van der Waals surface area contributed by atoms with Crippen molar-refractivity contribution >= 4 is 23.1 Å². The Bertz CT molecular complexity index is 807. The Labute approximate surface area is 173 Å². The van der Waals surface area contributed by atoms with Crippen molar-refractivity contribution in [3.8, 4) is 5.75 Å². The number of anilines is 2. The van der Waals surface area contributed by atoms with Gasteiger partial charge in [-0.1, -0.05) is 6.92 Å². The zero-order valence-electron chi connectivity index (χ0n) is 17.3. The minimum absolute atomic E-state index is 0.0436. The standard InChI is InChI=1S/C24H30N2O3/c1-3-29-22-10-4-19(5-11-22)23(27)12-13-24(28)25-20-6-8-21(9-7-20)26-16-14-18(2)15-17-26/h4-11,18H,3,12-17H2,1-2H3,(H,25,28). The van der Waals surface area contributed by atoms with Crippen LogP contribution in [0.25, 0.3) is 0 Å². The topological polar surface area (TPSA) is 58.6 Å². The Hall–Kier alpha value is -2.82. The van der Waals surface area contributed by atoms with Gasteiger partial charge in [-0.3, -0.25) is 9.59 Å². The minimum Gasteiger partial charge on any atom is -0.494 e. The molecule has 0 radical (unpaired) electrons. The van der Waals surface area contributed by atoms with Crippen LogP contribution in [0.2, 0.25) is 0 Å². The molecule has 3 rings (SSSR count). The van der Waals surface area contributed by atoms with Gasteiger partial charge in [0.2, 0.25) is 5.91 Å². The molecule has 0 spiro atoms. The van der Waals surface area contributed by atoms with Crippen molar-refractivity contribution in [1.29, 1.82) is 0 Å². The van der Waals surface area contributed by atoms with E-state index in [9.17, 15) is 9.59 Å². The van der Waals surface area contributed by atoms with E-state index in [-0.39, 0.29) is 24.5 Å². The van der Waals surface area contributed by atoms with Crippen LogP contribution in [-0.4, -0.2) is 31.4 Å². The first-order valence-corrected chi connectivity index (χ1v) is 10.5. The largest absolute Gasteiger partial charge is 0.494 e. The van der Waals surface area contributed by atoms with Gasteiger partial charge in [-0.2, -0.15) is 0 Å². The van der Waals surface area contributed by atoms with Crippen LogP contribution in [-0.2, 0) is 4.79 Å². The molecule has 0 aliphatic carbocycles. The number of ether oxygens (including phenoxy) is 1. The molecule has 154 valence electrons. The number of benzene rings is 2. The zero-order valence-corrected chi connectivity index (χ0v) is 17.3. The van der Waals surface area contributed by atoms with Crippen LogP contribution in [0.4, 0.5) is 11.4 Å². The van der Waals surface area contributed by atoms with Crippen molar-refractivity contribution in [1.82, 2.24) is 0 Å². The Morgan fingerprint density at radius 2 is 1.66 bits per heavy atom. The third kappa shape index (κ3) is 6.08. The monoisotopic (exact) mass is 394 g/mol. The lowest BCUT2D eigenvalue weighted by Crippen LogP contribution is -2.32. The molecule has 1 amide bonds. The number of hydrogen-bond donors (Lipinski definition) is 1. The van der Waals surface area contributed by atoms with Crippen molar-refractivity contribution in [2.24, 2.45) is 5.92 Å². The van der Waals surface area contributed by atoms with E-state index >= 15 is 0 Å². The maximum absolute atomic E-state index is 12.3. The van der Waals surface area contributed by atoms with Crippen LogP contribution in [0.5, 0.6) is 5.75 Å². The molecule has 0 saturated carbocycles. The third-order valence-electron chi connectivity index (χ3n) is 5.37. The molecule has 2 aromatic carbocycles. The first-order valence-electron chi connectivity index (χ1n) is 10.5. The van der Waals surface area contributed by atoms with E-state index in [1.54, 1.807) is 24.3 Å². The molecule has 1 aliphatic heterocycles. The van der Waals surface area contributed by atoms with E-state index in [1.807, 2.05) is 19.1 Å². The molecule has 1 N–H and O–H groups in total. The molecule has 5 heteroatoms. The average Bonchev–Trinajstić information content (AvgIpc) is 2.74. The fourth-order valence-corrected chi connectivity index (χ4v) is 3.52. The SMILES string of the molecule is CCOc1ccc(C(=O)CCC(=O)Nc2ccc(N3CCC(C)CC3)cc2)cc1. The number of amides is 1. The second-order valence-corrected chi connectivity index (χ2v) is 7.65. The second-order valence-electron chi connectivity index (χ2n) is 7.65. The van der Waals surface area contributed by atoms with Gasteiger partial charge in [0.05, 0.1) is 6.61 Å². The smallest absolute Gasteiger partial charge is 0.224 e. The highest BCUT2D eigenvalue weighted by Gasteiger charge is 2.16. The summed E-state index contributed by atoms with van der Waals surface area (Å²) in [5.74, 6) is 1.35. The van der Waals surface area contributed by atoms with Gasteiger partial charge >= 0.3 is 0 Å². The second kappa shape index (κ2) is 10.1. The van der Waals surface area contributed by atoms with Crippen LogP contribution < -0.4 is 15.0 Å². The number of nitrogens with one attached hydrogen (secondary N) is 1. The summed E-state index contributed by atoms with van der Waals surface area (Å²) in [4.78, 5) is 26.9. The van der Waals surface area contributed by atoms with Gasteiger partial charge in [-0.15, -0.1) is 0 Å². The maximum Gasteiger partial charge on any atom is 0.224 e. The summed E-state index contributed by atoms with van der Waals surface area (Å²) in [6, 6.07) is 15.0. The summed E-state index contributed by atoms with van der Waals surface area (Å²) >= 11 is 0. The molecule has 0 unspecified atom stereocenters. The Balaban J connectivity index is 1.46. The summed E-state index contributed by atoms with van der Waals surface area (Å²) in [6.45, 7) is 6.97. The van der Waals surface area contributed by atoms with Gasteiger partial charge in [-0.05, 0) is 74.2 Å². The van der Waals surface area contributed by atoms with E-state index < -0.39 is 0 Å². The van der Waals surface area contributed by atoms with Crippen molar-refractivity contribution in [3.63, 3.8) is 0 Å². The number of piperidine rings is 1.